The minimum atomic E-state index is -0.220. The normalized spacial score (nSPS) is 10.6. The number of carbonyl (C=O) groups excluding carboxylic acids is 1. The second-order valence-corrected chi connectivity index (χ2v) is 5.24. The van der Waals surface area contributed by atoms with Crippen molar-refractivity contribution >= 4 is 5.91 Å². The third-order valence-electron chi connectivity index (χ3n) is 3.64. The van der Waals surface area contributed by atoms with Gasteiger partial charge in [-0.15, -0.1) is 0 Å². The van der Waals surface area contributed by atoms with Crippen molar-refractivity contribution in [3.63, 3.8) is 0 Å². The van der Waals surface area contributed by atoms with Crippen LogP contribution in [0.25, 0.3) is 11.3 Å². The SMILES string of the molecule is CCn1ccc(CNC(=O)c2cc(-c3cccc(OC)c3)n[nH]2)n1. The third-order valence-corrected chi connectivity index (χ3v) is 3.64. The van der Waals surface area contributed by atoms with E-state index in [1.807, 2.05) is 48.1 Å². The van der Waals surface area contributed by atoms with E-state index in [1.54, 1.807) is 13.2 Å². The van der Waals surface area contributed by atoms with Gasteiger partial charge in [-0.25, -0.2) is 0 Å². The number of carbonyl (C=O) groups is 1. The maximum absolute atomic E-state index is 12.2. The van der Waals surface area contributed by atoms with E-state index in [4.69, 9.17) is 4.74 Å². The molecule has 0 bridgehead atoms. The van der Waals surface area contributed by atoms with Gasteiger partial charge in [0.05, 0.1) is 25.0 Å². The second-order valence-electron chi connectivity index (χ2n) is 5.24. The largest absolute Gasteiger partial charge is 0.497 e. The minimum absolute atomic E-state index is 0.220. The van der Waals surface area contributed by atoms with Crippen LogP contribution in [0.3, 0.4) is 0 Å². The molecule has 0 aliphatic heterocycles. The summed E-state index contributed by atoms with van der Waals surface area (Å²) >= 11 is 0. The lowest BCUT2D eigenvalue weighted by molar-refractivity contribution is 0.0945. The molecule has 0 saturated carbocycles. The van der Waals surface area contributed by atoms with E-state index in [-0.39, 0.29) is 5.91 Å². The number of benzene rings is 1. The van der Waals surface area contributed by atoms with Crippen LogP contribution in [0.5, 0.6) is 5.75 Å². The Balaban J connectivity index is 1.66. The van der Waals surface area contributed by atoms with Crippen molar-refractivity contribution in [2.45, 2.75) is 20.0 Å². The highest BCUT2D eigenvalue weighted by Gasteiger charge is 2.12. The predicted molar refractivity (Wildman–Crippen MR) is 89.6 cm³/mol. The van der Waals surface area contributed by atoms with Gasteiger partial charge in [-0.1, -0.05) is 12.1 Å². The Bertz CT molecular complexity index is 837. The van der Waals surface area contributed by atoms with Crippen LogP contribution in [0.1, 0.15) is 23.1 Å². The molecule has 24 heavy (non-hydrogen) atoms. The van der Waals surface area contributed by atoms with Crippen molar-refractivity contribution in [1.82, 2.24) is 25.3 Å². The molecule has 0 aliphatic carbocycles. The molecule has 1 aromatic carbocycles. The summed E-state index contributed by atoms with van der Waals surface area (Å²) in [7, 11) is 1.61. The van der Waals surface area contributed by atoms with E-state index in [9.17, 15) is 4.79 Å². The molecule has 0 spiro atoms. The van der Waals surface area contributed by atoms with Crippen molar-refractivity contribution in [3.8, 4) is 17.0 Å². The maximum Gasteiger partial charge on any atom is 0.269 e. The first-order valence-electron chi connectivity index (χ1n) is 7.70. The molecule has 0 atom stereocenters. The average Bonchev–Trinajstić information content (AvgIpc) is 3.29. The van der Waals surface area contributed by atoms with Gasteiger partial charge in [0, 0.05) is 18.3 Å². The van der Waals surface area contributed by atoms with Gasteiger partial charge in [-0.05, 0) is 31.2 Å². The van der Waals surface area contributed by atoms with Gasteiger partial charge >= 0.3 is 0 Å². The van der Waals surface area contributed by atoms with Gasteiger partial charge in [0.1, 0.15) is 11.4 Å². The molecule has 124 valence electrons. The molecular weight excluding hydrogens is 306 g/mol. The lowest BCUT2D eigenvalue weighted by Gasteiger charge is -2.01. The number of ether oxygens (including phenoxy) is 1. The Hall–Kier alpha value is -3.09. The van der Waals surface area contributed by atoms with Crippen molar-refractivity contribution in [2.24, 2.45) is 0 Å². The molecular formula is C17H19N5O2. The van der Waals surface area contributed by atoms with Crippen molar-refractivity contribution in [3.05, 3.63) is 54.0 Å². The minimum Gasteiger partial charge on any atom is -0.497 e. The van der Waals surface area contributed by atoms with Crippen LogP contribution < -0.4 is 10.1 Å². The summed E-state index contributed by atoms with van der Waals surface area (Å²) in [4.78, 5) is 12.2. The molecule has 1 amide bonds. The monoisotopic (exact) mass is 325 g/mol. The summed E-state index contributed by atoms with van der Waals surface area (Å²) in [6, 6.07) is 11.1. The smallest absolute Gasteiger partial charge is 0.269 e. The number of amides is 1. The molecule has 2 N–H and O–H groups in total. The maximum atomic E-state index is 12.2. The van der Waals surface area contributed by atoms with Gasteiger partial charge in [0.25, 0.3) is 5.91 Å². The lowest BCUT2D eigenvalue weighted by Crippen LogP contribution is -2.23. The average molecular weight is 325 g/mol. The van der Waals surface area contributed by atoms with E-state index >= 15 is 0 Å². The standard InChI is InChI=1S/C17H19N5O2/c1-3-22-8-7-13(21-22)11-18-17(23)16-10-15(19-20-16)12-5-4-6-14(9-12)24-2/h4-10H,3,11H2,1-2H3,(H,18,23)(H,19,20). The van der Waals surface area contributed by atoms with E-state index in [0.29, 0.717) is 17.9 Å². The number of aromatic nitrogens is 4. The van der Waals surface area contributed by atoms with Gasteiger partial charge in [0.15, 0.2) is 0 Å². The quantitative estimate of drug-likeness (QED) is 0.728. The Morgan fingerprint density at radius 2 is 2.21 bits per heavy atom. The fourth-order valence-corrected chi connectivity index (χ4v) is 2.31. The first kappa shape index (κ1) is 15.8. The summed E-state index contributed by atoms with van der Waals surface area (Å²) in [5.74, 6) is 0.524. The fourth-order valence-electron chi connectivity index (χ4n) is 2.31. The molecule has 2 aromatic heterocycles. The van der Waals surface area contributed by atoms with Crippen LogP contribution in [0, 0.1) is 0 Å². The predicted octanol–water partition coefficient (Wildman–Crippen LogP) is 2.23. The van der Waals surface area contributed by atoms with Crippen LogP contribution in [-0.4, -0.2) is 33.0 Å². The Labute approximate surface area is 139 Å². The first-order chi connectivity index (χ1) is 11.7. The van der Waals surface area contributed by atoms with E-state index in [0.717, 1.165) is 23.6 Å². The van der Waals surface area contributed by atoms with Crippen LogP contribution in [-0.2, 0) is 13.1 Å². The van der Waals surface area contributed by atoms with Gasteiger partial charge in [0.2, 0.25) is 0 Å². The fraction of sp³-hybridized carbons (Fsp3) is 0.235. The number of nitrogens with one attached hydrogen (secondary N) is 2. The lowest BCUT2D eigenvalue weighted by atomic mass is 10.1. The van der Waals surface area contributed by atoms with Crippen molar-refractivity contribution < 1.29 is 9.53 Å². The van der Waals surface area contributed by atoms with E-state index in [1.165, 1.54) is 0 Å². The number of methoxy groups -OCH3 is 1. The summed E-state index contributed by atoms with van der Waals surface area (Å²) in [6.45, 7) is 3.19. The summed E-state index contributed by atoms with van der Waals surface area (Å²) in [5, 5.41) is 14.1. The summed E-state index contributed by atoms with van der Waals surface area (Å²) in [5.41, 5.74) is 2.79. The van der Waals surface area contributed by atoms with Crippen LogP contribution >= 0.6 is 0 Å². The molecule has 0 saturated heterocycles. The zero-order chi connectivity index (χ0) is 16.9. The molecule has 7 heteroatoms. The highest BCUT2D eigenvalue weighted by Crippen LogP contribution is 2.22. The zero-order valence-electron chi connectivity index (χ0n) is 13.6. The van der Waals surface area contributed by atoms with Gasteiger partial charge in [-0.2, -0.15) is 10.2 Å². The van der Waals surface area contributed by atoms with Gasteiger partial charge in [-0.3, -0.25) is 14.6 Å². The van der Waals surface area contributed by atoms with E-state index < -0.39 is 0 Å². The van der Waals surface area contributed by atoms with Crippen LogP contribution in [0.15, 0.2) is 42.6 Å². The number of nitrogens with zero attached hydrogens (tertiary/aromatic N) is 3. The zero-order valence-corrected chi connectivity index (χ0v) is 13.6. The molecule has 0 unspecified atom stereocenters. The number of hydrogen-bond acceptors (Lipinski definition) is 4. The molecule has 7 nitrogen and oxygen atoms in total. The number of aryl methyl sites for hydroxylation is 1. The topological polar surface area (TPSA) is 84.8 Å². The Morgan fingerprint density at radius 3 is 2.96 bits per heavy atom. The highest BCUT2D eigenvalue weighted by atomic mass is 16.5. The van der Waals surface area contributed by atoms with Gasteiger partial charge < -0.3 is 10.1 Å². The number of hydrogen-bond donors (Lipinski definition) is 2. The number of H-pyrrole nitrogens is 1. The van der Waals surface area contributed by atoms with Crippen LogP contribution in [0.4, 0.5) is 0 Å². The first-order valence-corrected chi connectivity index (χ1v) is 7.70. The highest BCUT2D eigenvalue weighted by molar-refractivity contribution is 5.93. The third kappa shape index (κ3) is 3.45. The summed E-state index contributed by atoms with van der Waals surface area (Å²) < 4.78 is 7.02. The molecule has 0 fully saturated rings. The van der Waals surface area contributed by atoms with Crippen LogP contribution in [0.2, 0.25) is 0 Å². The Kier molecular flexibility index (Phi) is 4.60. The number of aromatic amines is 1. The molecule has 0 aliphatic rings. The Morgan fingerprint density at radius 1 is 1.33 bits per heavy atom. The number of rotatable bonds is 6. The molecule has 0 radical (unpaired) electrons. The molecule has 2 heterocycles. The van der Waals surface area contributed by atoms with Crippen molar-refractivity contribution in [2.75, 3.05) is 7.11 Å². The van der Waals surface area contributed by atoms with Crippen molar-refractivity contribution in [1.29, 1.82) is 0 Å². The molecule has 3 aromatic rings. The second kappa shape index (κ2) is 6.99. The van der Waals surface area contributed by atoms with E-state index in [2.05, 4.69) is 20.6 Å². The summed E-state index contributed by atoms with van der Waals surface area (Å²) in [6.07, 6.45) is 1.89. The molecule has 3 rings (SSSR count).